The summed E-state index contributed by atoms with van der Waals surface area (Å²) in [6.45, 7) is 3.58. The van der Waals surface area contributed by atoms with E-state index in [2.05, 4.69) is 0 Å². The molecule has 0 spiro atoms. The third-order valence-corrected chi connectivity index (χ3v) is 7.41. The van der Waals surface area contributed by atoms with Gasteiger partial charge in [-0.3, -0.25) is 4.18 Å². The lowest BCUT2D eigenvalue weighted by molar-refractivity contribution is 0.226. The highest BCUT2D eigenvalue weighted by atomic mass is 32.3. The zero-order chi connectivity index (χ0) is 16.6. The van der Waals surface area contributed by atoms with Gasteiger partial charge in [-0.2, -0.15) is 0 Å². The van der Waals surface area contributed by atoms with Crippen LogP contribution in [-0.4, -0.2) is 22.4 Å². The summed E-state index contributed by atoms with van der Waals surface area (Å²) in [5.74, 6) is 0. The van der Waals surface area contributed by atoms with Gasteiger partial charge >= 0.3 is 0 Å². The minimum Gasteiger partial charge on any atom is -0.267 e. The van der Waals surface area contributed by atoms with E-state index < -0.39 is 33.4 Å². The summed E-state index contributed by atoms with van der Waals surface area (Å²) < 4.78 is 44.2. The van der Waals surface area contributed by atoms with Gasteiger partial charge in [-0.15, -0.1) is 0 Å². The van der Waals surface area contributed by atoms with E-state index in [4.69, 9.17) is 4.18 Å². The molecule has 23 heavy (non-hydrogen) atoms. The van der Waals surface area contributed by atoms with Crippen LogP contribution < -0.4 is 0 Å². The van der Waals surface area contributed by atoms with Crippen molar-refractivity contribution in [2.45, 2.75) is 30.9 Å². The highest BCUT2D eigenvalue weighted by Crippen LogP contribution is 2.37. The molecule has 0 radical (unpaired) electrons. The number of aryl methyl sites for hydroxylation is 1. The molecule has 3 atom stereocenters. The summed E-state index contributed by atoms with van der Waals surface area (Å²) in [5.41, 5.74) is 1.76. The third kappa shape index (κ3) is 2.97. The predicted octanol–water partition coefficient (Wildman–Crippen LogP) is 2.72. The van der Waals surface area contributed by atoms with Crippen LogP contribution in [-0.2, 0) is 25.5 Å². The quantitative estimate of drug-likeness (QED) is 0.853. The fourth-order valence-electron chi connectivity index (χ4n) is 2.55. The Hall–Kier alpha value is -1.54. The van der Waals surface area contributed by atoms with Gasteiger partial charge < -0.3 is 0 Å². The minimum atomic E-state index is -3.89. The molecule has 0 N–H and O–H groups in total. The van der Waals surface area contributed by atoms with Gasteiger partial charge in [-0.1, -0.05) is 51.7 Å². The summed E-state index contributed by atoms with van der Waals surface area (Å²) in [7, 11) is -3.89. The van der Waals surface area contributed by atoms with E-state index in [0.717, 1.165) is 14.8 Å². The molecule has 2 aromatic carbocycles. The molecule has 0 aliphatic carbocycles. The summed E-state index contributed by atoms with van der Waals surface area (Å²) in [4.78, 5) is 0.112. The van der Waals surface area contributed by atoms with Crippen molar-refractivity contribution in [2.75, 3.05) is 0 Å². The Morgan fingerprint density at radius 3 is 2.26 bits per heavy atom. The SMILES string of the molecule is Cc1ccc(S(=O)(=O)N2C(C)C(c3ccccc3)OS2=O)cc1. The molecular formula is C16H17NO4S2. The number of nitrogens with zero attached hydrogens (tertiary/aromatic N) is 1. The topological polar surface area (TPSA) is 63.7 Å². The minimum absolute atomic E-state index is 0.112. The molecule has 2 aromatic rings. The lowest BCUT2D eigenvalue weighted by Crippen LogP contribution is -2.35. The zero-order valence-corrected chi connectivity index (χ0v) is 14.4. The second-order valence-corrected chi connectivity index (χ2v) is 8.52. The lowest BCUT2D eigenvalue weighted by Gasteiger charge is -2.19. The predicted molar refractivity (Wildman–Crippen MR) is 88.1 cm³/mol. The van der Waals surface area contributed by atoms with Gasteiger partial charge in [0.1, 0.15) is 6.10 Å². The van der Waals surface area contributed by atoms with Crippen LogP contribution >= 0.6 is 0 Å². The Bertz CT molecular complexity index is 819. The number of benzene rings is 2. The van der Waals surface area contributed by atoms with E-state index in [-0.39, 0.29) is 4.90 Å². The van der Waals surface area contributed by atoms with Crippen molar-refractivity contribution in [1.29, 1.82) is 0 Å². The van der Waals surface area contributed by atoms with Gasteiger partial charge in [0.15, 0.2) is 0 Å². The highest BCUT2D eigenvalue weighted by Gasteiger charge is 2.46. The molecule has 0 bridgehead atoms. The summed E-state index contributed by atoms with van der Waals surface area (Å²) in [5, 5.41) is 0. The molecule has 0 saturated carbocycles. The first kappa shape index (κ1) is 16.3. The maximum Gasteiger partial charge on any atom is 0.256 e. The van der Waals surface area contributed by atoms with E-state index in [1.165, 1.54) is 12.1 Å². The fourth-order valence-corrected chi connectivity index (χ4v) is 5.70. The first-order valence-corrected chi connectivity index (χ1v) is 9.63. The molecule has 3 rings (SSSR count). The Morgan fingerprint density at radius 2 is 1.65 bits per heavy atom. The van der Waals surface area contributed by atoms with E-state index in [1.807, 2.05) is 37.3 Å². The van der Waals surface area contributed by atoms with Crippen molar-refractivity contribution < 1.29 is 16.8 Å². The highest BCUT2D eigenvalue weighted by molar-refractivity contribution is 7.99. The average Bonchev–Trinajstić information content (AvgIpc) is 2.84. The normalized spacial score (nSPS) is 25.6. The molecule has 7 heteroatoms. The molecule has 3 unspecified atom stereocenters. The van der Waals surface area contributed by atoms with Crippen molar-refractivity contribution >= 4 is 21.3 Å². The molecule has 5 nitrogen and oxygen atoms in total. The van der Waals surface area contributed by atoms with Crippen LogP contribution in [0, 0.1) is 6.92 Å². The molecule has 1 saturated heterocycles. The number of hydrogen-bond acceptors (Lipinski definition) is 4. The molecule has 0 amide bonds. The zero-order valence-electron chi connectivity index (χ0n) is 12.7. The molecule has 1 fully saturated rings. The second-order valence-electron chi connectivity index (χ2n) is 5.46. The van der Waals surface area contributed by atoms with Crippen LogP contribution in [0.25, 0.3) is 0 Å². The third-order valence-electron chi connectivity index (χ3n) is 3.79. The standard InChI is InChI=1S/C16H17NO4S2/c1-12-8-10-15(11-9-12)23(19,20)17-13(2)16(21-22(17)18)14-6-4-3-5-7-14/h3-11,13,16H,1-2H3. The van der Waals surface area contributed by atoms with Gasteiger partial charge in [0.25, 0.3) is 21.3 Å². The van der Waals surface area contributed by atoms with Gasteiger partial charge in [0, 0.05) is 0 Å². The summed E-state index contributed by atoms with van der Waals surface area (Å²) >= 11 is -2.05. The van der Waals surface area contributed by atoms with Crippen LogP contribution in [0.1, 0.15) is 24.2 Å². The summed E-state index contributed by atoms with van der Waals surface area (Å²) in [6, 6.07) is 15.1. The van der Waals surface area contributed by atoms with Crippen molar-refractivity contribution in [3.05, 3.63) is 65.7 Å². The van der Waals surface area contributed by atoms with E-state index in [9.17, 15) is 12.6 Å². The second kappa shape index (κ2) is 6.16. The van der Waals surface area contributed by atoms with Crippen LogP contribution in [0.15, 0.2) is 59.5 Å². The maximum absolute atomic E-state index is 12.8. The Kier molecular flexibility index (Phi) is 4.37. The molecular weight excluding hydrogens is 334 g/mol. The first-order chi connectivity index (χ1) is 10.9. The Labute approximate surface area is 138 Å². The van der Waals surface area contributed by atoms with Crippen LogP contribution in [0.4, 0.5) is 0 Å². The van der Waals surface area contributed by atoms with Crippen molar-refractivity contribution in [2.24, 2.45) is 0 Å². The molecule has 1 aliphatic rings. The van der Waals surface area contributed by atoms with Crippen molar-refractivity contribution in [1.82, 2.24) is 3.71 Å². The van der Waals surface area contributed by atoms with E-state index >= 15 is 0 Å². The molecule has 122 valence electrons. The first-order valence-electron chi connectivity index (χ1n) is 7.16. The maximum atomic E-state index is 12.8. The van der Waals surface area contributed by atoms with E-state index in [0.29, 0.717) is 0 Å². The number of rotatable bonds is 3. The molecule has 1 aliphatic heterocycles. The van der Waals surface area contributed by atoms with E-state index in [1.54, 1.807) is 19.1 Å². The Balaban J connectivity index is 1.96. The van der Waals surface area contributed by atoms with Crippen LogP contribution in [0.2, 0.25) is 0 Å². The Morgan fingerprint density at radius 1 is 1.04 bits per heavy atom. The average molecular weight is 351 g/mol. The lowest BCUT2D eigenvalue weighted by atomic mass is 10.0. The van der Waals surface area contributed by atoms with Crippen LogP contribution in [0.3, 0.4) is 0 Å². The van der Waals surface area contributed by atoms with Crippen molar-refractivity contribution in [3.8, 4) is 0 Å². The summed E-state index contributed by atoms with van der Waals surface area (Å²) in [6.07, 6.45) is -0.558. The van der Waals surface area contributed by atoms with Gasteiger partial charge in [-0.25, -0.2) is 12.6 Å². The van der Waals surface area contributed by atoms with Gasteiger partial charge in [-0.05, 0) is 31.5 Å². The van der Waals surface area contributed by atoms with Gasteiger partial charge in [0.2, 0.25) is 0 Å². The largest absolute Gasteiger partial charge is 0.267 e. The van der Waals surface area contributed by atoms with Gasteiger partial charge in [0.05, 0.1) is 10.9 Å². The molecule has 1 heterocycles. The molecule has 0 aromatic heterocycles. The number of hydrogen-bond donors (Lipinski definition) is 0. The number of sulfonamides is 1. The fraction of sp³-hybridized carbons (Fsp3) is 0.250. The van der Waals surface area contributed by atoms with Crippen LogP contribution in [0.5, 0.6) is 0 Å². The smallest absolute Gasteiger partial charge is 0.256 e. The monoisotopic (exact) mass is 351 g/mol. The van der Waals surface area contributed by atoms with Crippen molar-refractivity contribution in [3.63, 3.8) is 0 Å².